The molecule has 0 aliphatic heterocycles. The smallest absolute Gasteiger partial charge is 0.239 e. The van der Waals surface area contributed by atoms with E-state index in [1.807, 2.05) is 24.3 Å². The molecular weight excluding hydrogens is 348 g/mol. The van der Waals surface area contributed by atoms with Gasteiger partial charge in [0.1, 0.15) is 5.75 Å². The Morgan fingerprint density at radius 3 is 2.58 bits per heavy atom. The number of hydrogen-bond acceptors (Lipinski definition) is 4. The zero-order valence-corrected chi connectivity index (χ0v) is 16.2. The van der Waals surface area contributed by atoms with Crippen molar-refractivity contribution in [3.8, 4) is 5.75 Å². The van der Waals surface area contributed by atoms with Crippen molar-refractivity contribution in [3.63, 3.8) is 0 Å². The van der Waals surface area contributed by atoms with Gasteiger partial charge >= 0.3 is 0 Å². The zero-order valence-electron chi connectivity index (χ0n) is 15.4. The van der Waals surface area contributed by atoms with Crippen LogP contribution in [0.4, 0.5) is 0 Å². The fraction of sp³-hybridized carbons (Fsp3) is 0.368. The third kappa shape index (κ3) is 6.40. The number of nitrogens with zero attached hydrogens (tertiary/aromatic N) is 1. The summed E-state index contributed by atoms with van der Waals surface area (Å²) in [4.78, 5) is 17.5. The molecule has 1 unspecified atom stereocenters. The summed E-state index contributed by atoms with van der Waals surface area (Å²) in [5, 5.41) is 11.2. The lowest BCUT2D eigenvalue weighted by molar-refractivity contribution is -0.120. The van der Waals surface area contributed by atoms with Gasteiger partial charge in [0.15, 0.2) is 5.96 Å². The van der Waals surface area contributed by atoms with Crippen LogP contribution in [0.15, 0.2) is 46.8 Å². The van der Waals surface area contributed by atoms with Crippen molar-refractivity contribution in [2.45, 2.75) is 19.4 Å². The third-order valence-corrected chi connectivity index (χ3v) is 5.00. The van der Waals surface area contributed by atoms with Crippen molar-refractivity contribution in [3.05, 3.63) is 52.2 Å². The summed E-state index contributed by atoms with van der Waals surface area (Å²) in [5.41, 5.74) is 1.02. The summed E-state index contributed by atoms with van der Waals surface area (Å²) in [6, 6.07) is 11.8. The normalized spacial score (nSPS) is 12.3. The second-order valence-electron chi connectivity index (χ2n) is 5.85. The van der Waals surface area contributed by atoms with Gasteiger partial charge < -0.3 is 20.7 Å². The fourth-order valence-electron chi connectivity index (χ4n) is 2.31. The molecule has 0 saturated carbocycles. The van der Waals surface area contributed by atoms with Crippen LogP contribution in [0, 0.1) is 0 Å². The van der Waals surface area contributed by atoms with Crippen LogP contribution in [-0.2, 0) is 11.3 Å². The minimum absolute atomic E-state index is 0.0879. The summed E-state index contributed by atoms with van der Waals surface area (Å²) in [6.45, 7) is 3.57. The number of nitrogens with one attached hydrogen (secondary N) is 3. The molecule has 0 radical (unpaired) electrons. The number of ether oxygens (including phenoxy) is 1. The number of amides is 1. The highest BCUT2D eigenvalue weighted by atomic mass is 32.1. The van der Waals surface area contributed by atoms with Crippen molar-refractivity contribution < 1.29 is 9.53 Å². The third-order valence-electron chi connectivity index (χ3n) is 3.89. The molecule has 26 heavy (non-hydrogen) atoms. The van der Waals surface area contributed by atoms with Crippen LogP contribution >= 0.6 is 11.3 Å². The van der Waals surface area contributed by atoms with Crippen molar-refractivity contribution in [1.29, 1.82) is 0 Å². The van der Waals surface area contributed by atoms with E-state index >= 15 is 0 Å². The average molecular weight is 375 g/mol. The number of methoxy groups -OCH3 is 1. The number of rotatable bonds is 8. The Morgan fingerprint density at radius 2 is 1.96 bits per heavy atom. The molecule has 1 atom stereocenters. The summed E-state index contributed by atoms with van der Waals surface area (Å²) < 4.78 is 5.12. The van der Waals surface area contributed by atoms with E-state index in [2.05, 4.69) is 45.4 Å². The topological polar surface area (TPSA) is 74.8 Å². The summed E-state index contributed by atoms with van der Waals surface area (Å²) in [5.74, 6) is 1.72. The molecule has 140 valence electrons. The summed E-state index contributed by atoms with van der Waals surface area (Å²) in [7, 11) is 3.32. The van der Waals surface area contributed by atoms with Crippen LogP contribution in [0.1, 0.15) is 23.3 Å². The number of aliphatic imine (C=N–C) groups is 1. The molecule has 1 aromatic heterocycles. The molecule has 0 saturated heterocycles. The first kappa shape index (κ1) is 19.8. The second kappa shape index (κ2) is 10.5. The maximum atomic E-state index is 12.0. The monoisotopic (exact) mass is 374 g/mol. The Hall–Kier alpha value is -2.54. The van der Waals surface area contributed by atoms with Crippen molar-refractivity contribution >= 4 is 23.2 Å². The molecular formula is C19H26N4O2S. The molecule has 0 aliphatic carbocycles. The van der Waals surface area contributed by atoms with Crippen LogP contribution in [0.3, 0.4) is 0 Å². The van der Waals surface area contributed by atoms with E-state index in [-0.39, 0.29) is 12.5 Å². The molecule has 0 bridgehead atoms. The Bertz CT molecular complexity index is 699. The zero-order chi connectivity index (χ0) is 18.8. The van der Waals surface area contributed by atoms with E-state index in [1.165, 1.54) is 4.88 Å². The molecule has 6 nitrogen and oxygen atoms in total. The van der Waals surface area contributed by atoms with Gasteiger partial charge in [-0.1, -0.05) is 25.1 Å². The quantitative estimate of drug-likeness (QED) is 0.490. The molecule has 1 aromatic carbocycles. The first-order valence-corrected chi connectivity index (χ1v) is 9.38. The van der Waals surface area contributed by atoms with E-state index in [4.69, 9.17) is 4.74 Å². The van der Waals surface area contributed by atoms with Gasteiger partial charge in [-0.3, -0.25) is 9.79 Å². The van der Waals surface area contributed by atoms with Gasteiger partial charge in [-0.2, -0.15) is 0 Å². The Labute approximate surface area is 158 Å². The lowest BCUT2D eigenvalue weighted by Gasteiger charge is -2.15. The predicted molar refractivity (Wildman–Crippen MR) is 107 cm³/mol. The van der Waals surface area contributed by atoms with Crippen molar-refractivity contribution in [1.82, 2.24) is 16.0 Å². The summed E-state index contributed by atoms with van der Waals surface area (Å²) in [6.07, 6.45) is 0. The molecule has 7 heteroatoms. The van der Waals surface area contributed by atoms with E-state index in [0.717, 1.165) is 17.9 Å². The van der Waals surface area contributed by atoms with Gasteiger partial charge in [0.05, 0.1) is 13.7 Å². The minimum Gasteiger partial charge on any atom is -0.497 e. The first-order valence-electron chi connectivity index (χ1n) is 8.50. The van der Waals surface area contributed by atoms with Gasteiger partial charge in [0.25, 0.3) is 0 Å². The Morgan fingerprint density at radius 1 is 1.19 bits per heavy atom. The van der Waals surface area contributed by atoms with Gasteiger partial charge in [-0.15, -0.1) is 11.3 Å². The lowest BCUT2D eigenvalue weighted by Crippen LogP contribution is -2.43. The number of carbonyl (C=O) groups is 1. The summed E-state index contributed by atoms with van der Waals surface area (Å²) >= 11 is 1.74. The van der Waals surface area contributed by atoms with Crippen LogP contribution in [0.5, 0.6) is 5.75 Å². The van der Waals surface area contributed by atoms with Crippen LogP contribution < -0.4 is 20.7 Å². The molecule has 3 N–H and O–H groups in total. The van der Waals surface area contributed by atoms with Crippen LogP contribution in [0.2, 0.25) is 0 Å². The number of benzene rings is 1. The van der Waals surface area contributed by atoms with Gasteiger partial charge in [-0.05, 0) is 29.1 Å². The molecule has 1 amide bonds. The van der Waals surface area contributed by atoms with Crippen LogP contribution in [-0.4, -0.2) is 39.1 Å². The molecule has 1 heterocycles. The number of hydrogen-bond donors (Lipinski definition) is 3. The maximum Gasteiger partial charge on any atom is 0.239 e. The average Bonchev–Trinajstić information content (AvgIpc) is 3.21. The lowest BCUT2D eigenvalue weighted by atomic mass is 10.1. The van der Waals surface area contributed by atoms with Crippen LogP contribution in [0.25, 0.3) is 0 Å². The Balaban J connectivity index is 1.69. The first-order chi connectivity index (χ1) is 12.6. The second-order valence-corrected chi connectivity index (χ2v) is 6.83. The standard InChI is InChI=1S/C19H26N4O2S/c1-14(17-5-4-10-26-17)11-22-19(20-2)23-13-18(24)21-12-15-6-8-16(25-3)9-7-15/h4-10,14H,11-13H2,1-3H3,(H,21,24)(H2,20,22,23). The molecule has 2 aromatic rings. The van der Waals surface area contributed by atoms with Gasteiger partial charge in [0.2, 0.25) is 5.91 Å². The van der Waals surface area contributed by atoms with E-state index < -0.39 is 0 Å². The number of guanidine groups is 1. The molecule has 0 aliphatic rings. The van der Waals surface area contributed by atoms with E-state index in [0.29, 0.717) is 18.4 Å². The Kier molecular flexibility index (Phi) is 7.95. The SMILES string of the molecule is CN=C(NCC(=O)NCc1ccc(OC)cc1)NCC(C)c1cccs1. The van der Waals surface area contributed by atoms with Crippen molar-refractivity contribution in [2.24, 2.45) is 4.99 Å². The molecule has 0 spiro atoms. The number of carbonyl (C=O) groups excluding carboxylic acids is 1. The fourth-order valence-corrected chi connectivity index (χ4v) is 3.10. The number of thiophene rings is 1. The molecule has 2 rings (SSSR count). The highest BCUT2D eigenvalue weighted by Gasteiger charge is 2.08. The van der Waals surface area contributed by atoms with Crippen molar-refractivity contribution in [2.75, 3.05) is 27.2 Å². The largest absolute Gasteiger partial charge is 0.497 e. The molecule has 0 fully saturated rings. The van der Waals surface area contributed by atoms with E-state index in [9.17, 15) is 4.79 Å². The predicted octanol–water partition coefficient (Wildman–Crippen LogP) is 2.34. The maximum absolute atomic E-state index is 12.0. The van der Waals surface area contributed by atoms with Gasteiger partial charge in [0, 0.05) is 30.9 Å². The van der Waals surface area contributed by atoms with Gasteiger partial charge in [-0.25, -0.2) is 0 Å². The minimum atomic E-state index is -0.0879. The highest BCUT2D eigenvalue weighted by Crippen LogP contribution is 2.19. The van der Waals surface area contributed by atoms with E-state index in [1.54, 1.807) is 25.5 Å². The highest BCUT2D eigenvalue weighted by molar-refractivity contribution is 7.10.